The molecule has 1 aromatic carbocycles. The molecule has 3 heterocycles. The average Bonchev–Trinajstić information content (AvgIpc) is 3.45. The maximum absolute atomic E-state index is 5.84. The van der Waals surface area contributed by atoms with Gasteiger partial charge >= 0.3 is 0 Å². The number of aromatic nitrogens is 3. The summed E-state index contributed by atoms with van der Waals surface area (Å²) >= 11 is 0. The van der Waals surface area contributed by atoms with Crippen LogP contribution >= 0.6 is 12.4 Å². The van der Waals surface area contributed by atoms with E-state index in [4.69, 9.17) is 4.74 Å². The van der Waals surface area contributed by atoms with Gasteiger partial charge in [0, 0.05) is 25.6 Å². The van der Waals surface area contributed by atoms with E-state index in [2.05, 4.69) is 49.2 Å². The van der Waals surface area contributed by atoms with Gasteiger partial charge in [-0.2, -0.15) is 0 Å². The molecule has 0 atom stereocenters. The van der Waals surface area contributed by atoms with Crippen molar-refractivity contribution in [3.8, 4) is 5.75 Å². The molecule has 28 heavy (non-hydrogen) atoms. The zero-order valence-corrected chi connectivity index (χ0v) is 17.2. The Morgan fingerprint density at radius 3 is 2.54 bits per heavy atom. The van der Waals surface area contributed by atoms with Gasteiger partial charge in [-0.25, -0.2) is 0 Å². The lowest BCUT2D eigenvalue weighted by molar-refractivity contribution is 0.199. The number of nitrogens with one attached hydrogen (secondary N) is 1. The van der Waals surface area contributed by atoms with E-state index >= 15 is 0 Å². The molecule has 0 radical (unpaired) electrons. The number of piperidine rings is 1. The maximum Gasteiger partial charge on any atom is 0.147 e. The third-order valence-electron chi connectivity index (χ3n) is 6.12. The van der Waals surface area contributed by atoms with Gasteiger partial charge in [0.2, 0.25) is 0 Å². The highest BCUT2D eigenvalue weighted by atomic mass is 35.5. The SMILES string of the molecule is Cl.c1cc(OCC2CC2)ccc1CN1CCC(c2nnc3n2CCNC3)CC1. The summed E-state index contributed by atoms with van der Waals surface area (Å²) < 4.78 is 8.19. The highest BCUT2D eigenvalue weighted by Gasteiger charge is 2.27. The standard InChI is InChI=1S/C21H29N5O.ClH/c1-2-17(1)15-27-19-5-3-16(4-6-19)14-25-10-7-18(8-11-25)21-24-23-20-13-22-9-12-26(20)21;/h3-6,17-18,22H,1-2,7-15H2;1H. The van der Waals surface area contributed by atoms with Gasteiger partial charge in [-0.1, -0.05) is 12.1 Å². The van der Waals surface area contributed by atoms with Gasteiger partial charge in [0.05, 0.1) is 13.2 Å². The fourth-order valence-electron chi connectivity index (χ4n) is 4.21. The molecule has 3 aliphatic rings. The van der Waals surface area contributed by atoms with E-state index in [0.717, 1.165) is 63.4 Å². The van der Waals surface area contributed by atoms with Gasteiger partial charge < -0.3 is 14.6 Å². The highest BCUT2D eigenvalue weighted by Crippen LogP contribution is 2.30. The number of benzene rings is 1. The smallest absolute Gasteiger partial charge is 0.147 e. The maximum atomic E-state index is 5.84. The summed E-state index contributed by atoms with van der Waals surface area (Å²) in [6.07, 6.45) is 5.02. The van der Waals surface area contributed by atoms with Crippen LogP contribution in [-0.4, -0.2) is 45.9 Å². The first kappa shape index (κ1) is 19.7. The summed E-state index contributed by atoms with van der Waals surface area (Å²) in [5.41, 5.74) is 1.37. The van der Waals surface area contributed by atoms with Crippen LogP contribution in [-0.2, 0) is 19.6 Å². The van der Waals surface area contributed by atoms with E-state index in [1.165, 1.54) is 37.1 Å². The second kappa shape index (κ2) is 8.80. The molecule has 2 fully saturated rings. The lowest BCUT2D eigenvalue weighted by atomic mass is 9.95. The van der Waals surface area contributed by atoms with E-state index < -0.39 is 0 Å². The molecule has 6 nitrogen and oxygen atoms in total. The van der Waals surface area contributed by atoms with Crippen LogP contribution in [0.25, 0.3) is 0 Å². The van der Waals surface area contributed by atoms with Crippen molar-refractivity contribution in [2.75, 3.05) is 26.2 Å². The largest absolute Gasteiger partial charge is 0.493 e. The number of hydrogen-bond acceptors (Lipinski definition) is 5. The molecule has 0 spiro atoms. The van der Waals surface area contributed by atoms with Crippen molar-refractivity contribution in [3.63, 3.8) is 0 Å². The number of likely N-dealkylation sites (tertiary alicyclic amines) is 1. The van der Waals surface area contributed by atoms with Crippen molar-refractivity contribution in [1.82, 2.24) is 25.0 Å². The average molecular weight is 404 g/mol. The van der Waals surface area contributed by atoms with Gasteiger partial charge in [0.25, 0.3) is 0 Å². The topological polar surface area (TPSA) is 55.2 Å². The van der Waals surface area contributed by atoms with Gasteiger partial charge in [0.1, 0.15) is 17.4 Å². The Kier molecular flexibility index (Phi) is 6.19. The van der Waals surface area contributed by atoms with E-state index in [1.807, 2.05) is 0 Å². The van der Waals surface area contributed by atoms with Gasteiger partial charge in [-0.15, -0.1) is 22.6 Å². The number of fused-ring (bicyclic) bond motifs is 1. The molecule has 0 amide bonds. The Balaban J connectivity index is 0.00000192. The Morgan fingerprint density at radius 1 is 1.00 bits per heavy atom. The van der Waals surface area contributed by atoms with Crippen molar-refractivity contribution in [2.24, 2.45) is 5.92 Å². The molecule has 7 heteroatoms. The Hall–Kier alpha value is -1.63. The number of ether oxygens (including phenoxy) is 1. The number of halogens is 1. The van der Waals surface area contributed by atoms with Crippen molar-refractivity contribution in [1.29, 1.82) is 0 Å². The van der Waals surface area contributed by atoms with Crippen LogP contribution in [0.15, 0.2) is 24.3 Å². The minimum Gasteiger partial charge on any atom is -0.493 e. The van der Waals surface area contributed by atoms with Crippen LogP contribution in [0.2, 0.25) is 0 Å². The lowest BCUT2D eigenvalue weighted by Crippen LogP contribution is -2.34. The molecule has 1 aliphatic carbocycles. The third kappa shape index (κ3) is 4.50. The van der Waals surface area contributed by atoms with Crippen LogP contribution < -0.4 is 10.1 Å². The first-order chi connectivity index (χ1) is 13.3. The Bertz CT molecular complexity index is 766. The summed E-state index contributed by atoms with van der Waals surface area (Å²) in [7, 11) is 0. The monoisotopic (exact) mass is 403 g/mol. The molecule has 0 bridgehead atoms. The minimum atomic E-state index is 0. The second-order valence-electron chi connectivity index (χ2n) is 8.25. The van der Waals surface area contributed by atoms with Crippen molar-refractivity contribution < 1.29 is 4.74 Å². The van der Waals surface area contributed by atoms with Crippen LogP contribution in [0.5, 0.6) is 5.75 Å². The third-order valence-corrected chi connectivity index (χ3v) is 6.12. The summed E-state index contributed by atoms with van der Waals surface area (Å²) in [5.74, 6) is 4.68. The van der Waals surface area contributed by atoms with Crippen molar-refractivity contribution in [2.45, 2.75) is 51.2 Å². The number of nitrogens with zero attached hydrogens (tertiary/aromatic N) is 4. The predicted octanol–water partition coefficient (Wildman–Crippen LogP) is 2.97. The zero-order valence-electron chi connectivity index (χ0n) is 16.3. The fourth-order valence-corrected chi connectivity index (χ4v) is 4.21. The van der Waals surface area contributed by atoms with Crippen molar-refractivity contribution >= 4 is 12.4 Å². The number of rotatable bonds is 6. The molecule has 2 aromatic rings. The van der Waals surface area contributed by atoms with E-state index in [0.29, 0.717) is 5.92 Å². The van der Waals surface area contributed by atoms with Gasteiger partial charge in [-0.05, 0) is 62.4 Å². The van der Waals surface area contributed by atoms with Crippen LogP contribution in [0.4, 0.5) is 0 Å². The quantitative estimate of drug-likeness (QED) is 0.803. The summed E-state index contributed by atoms with van der Waals surface area (Å²) in [6, 6.07) is 8.69. The molecule has 5 rings (SSSR count). The summed E-state index contributed by atoms with van der Waals surface area (Å²) in [6.45, 7) is 7.05. The Morgan fingerprint density at radius 2 is 1.79 bits per heavy atom. The van der Waals surface area contributed by atoms with Gasteiger partial charge in [-0.3, -0.25) is 4.90 Å². The summed E-state index contributed by atoms with van der Waals surface area (Å²) in [4.78, 5) is 2.56. The molecule has 2 aliphatic heterocycles. The normalized spacial score (nSPS) is 20.4. The van der Waals surface area contributed by atoms with Gasteiger partial charge in [0.15, 0.2) is 0 Å². The van der Waals surface area contributed by atoms with E-state index in [-0.39, 0.29) is 12.4 Å². The molecule has 152 valence electrons. The highest BCUT2D eigenvalue weighted by molar-refractivity contribution is 5.85. The Labute approximate surface area is 173 Å². The first-order valence-corrected chi connectivity index (χ1v) is 10.4. The molecule has 1 N–H and O–H groups in total. The molecule has 1 aromatic heterocycles. The molecular formula is C21H30ClN5O. The first-order valence-electron chi connectivity index (χ1n) is 10.4. The number of hydrogen-bond donors (Lipinski definition) is 1. The van der Waals surface area contributed by atoms with E-state index in [1.54, 1.807) is 0 Å². The molecule has 1 saturated heterocycles. The van der Waals surface area contributed by atoms with Crippen LogP contribution in [0, 0.1) is 5.92 Å². The zero-order chi connectivity index (χ0) is 18.1. The lowest BCUT2D eigenvalue weighted by Gasteiger charge is -2.32. The van der Waals surface area contributed by atoms with Crippen molar-refractivity contribution in [3.05, 3.63) is 41.5 Å². The van der Waals surface area contributed by atoms with Crippen LogP contribution in [0.3, 0.4) is 0 Å². The molecule has 0 unspecified atom stereocenters. The molecular weight excluding hydrogens is 374 g/mol. The fraction of sp³-hybridized carbons (Fsp3) is 0.619. The van der Waals surface area contributed by atoms with Crippen LogP contribution in [0.1, 0.15) is 48.8 Å². The summed E-state index contributed by atoms with van der Waals surface area (Å²) in [5, 5.41) is 12.3. The minimum absolute atomic E-state index is 0. The second-order valence-corrected chi connectivity index (χ2v) is 8.25. The molecule has 1 saturated carbocycles. The van der Waals surface area contributed by atoms with E-state index in [9.17, 15) is 0 Å². The predicted molar refractivity (Wildman–Crippen MR) is 111 cm³/mol.